The van der Waals surface area contributed by atoms with Crippen molar-refractivity contribution in [3.63, 3.8) is 0 Å². The van der Waals surface area contributed by atoms with Crippen LogP contribution >= 0.6 is 0 Å². The number of ether oxygens (including phenoxy) is 2. The topological polar surface area (TPSA) is 50.7 Å². The number of nitrogens with one attached hydrogen (secondary N) is 1. The van der Waals surface area contributed by atoms with E-state index >= 15 is 0 Å². The van der Waals surface area contributed by atoms with E-state index in [1.54, 1.807) is 0 Å². The molecule has 0 atom stereocenters. The lowest BCUT2D eigenvalue weighted by atomic mass is 10.0. The fraction of sp³-hybridized carbons (Fsp3) is 0.647. The summed E-state index contributed by atoms with van der Waals surface area (Å²) in [5.74, 6) is 1.63. The van der Waals surface area contributed by atoms with Crippen LogP contribution < -0.4 is 14.8 Å². The van der Waals surface area contributed by atoms with Crippen LogP contribution in [0, 0.1) is 0 Å². The molecule has 1 fully saturated rings. The molecule has 0 heterocycles. The van der Waals surface area contributed by atoms with E-state index in [0.717, 1.165) is 55.7 Å². The molecule has 0 spiro atoms. The molecule has 0 aromatic heterocycles. The summed E-state index contributed by atoms with van der Waals surface area (Å²) >= 11 is 0. The zero-order valence-electron chi connectivity index (χ0n) is 13.2. The Hall–Kier alpha value is -1.26. The maximum Gasteiger partial charge on any atom is 0.127 e. The highest BCUT2D eigenvalue weighted by Crippen LogP contribution is 2.32. The molecule has 0 bridgehead atoms. The molecule has 118 valence electrons. The number of benzene rings is 1. The first kappa shape index (κ1) is 16.1. The zero-order valence-corrected chi connectivity index (χ0v) is 13.2. The summed E-state index contributed by atoms with van der Waals surface area (Å²) < 4.78 is 11.6. The molecule has 1 aromatic carbocycles. The Morgan fingerprint density at radius 1 is 1.24 bits per heavy atom. The van der Waals surface area contributed by atoms with Gasteiger partial charge in [-0.3, -0.25) is 0 Å². The maximum absolute atomic E-state index is 10.4. The first-order valence-corrected chi connectivity index (χ1v) is 7.92. The second-order valence-corrected chi connectivity index (χ2v) is 5.87. The molecule has 1 aliphatic rings. The Kier molecular flexibility index (Phi) is 5.88. The van der Waals surface area contributed by atoms with Crippen LogP contribution in [0.5, 0.6) is 11.5 Å². The molecule has 0 saturated heterocycles. The minimum atomic E-state index is -0.656. The zero-order chi connectivity index (χ0) is 15.1. The van der Waals surface area contributed by atoms with Crippen LogP contribution in [0.25, 0.3) is 0 Å². The number of aliphatic hydroxyl groups is 1. The van der Waals surface area contributed by atoms with Gasteiger partial charge >= 0.3 is 0 Å². The van der Waals surface area contributed by atoms with Crippen molar-refractivity contribution in [2.45, 2.75) is 51.2 Å². The van der Waals surface area contributed by atoms with Gasteiger partial charge in [0.25, 0.3) is 0 Å². The van der Waals surface area contributed by atoms with E-state index in [1.807, 2.05) is 25.2 Å². The van der Waals surface area contributed by atoms with Gasteiger partial charge in [0.1, 0.15) is 18.1 Å². The van der Waals surface area contributed by atoms with Gasteiger partial charge in [-0.1, -0.05) is 25.8 Å². The van der Waals surface area contributed by atoms with Crippen molar-refractivity contribution < 1.29 is 14.6 Å². The SMILES string of the molecule is CCCOc1ccc(CNC)c(OCC2(O)CCCC2)c1. The summed E-state index contributed by atoms with van der Waals surface area (Å²) in [5.41, 5.74) is 0.430. The van der Waals surface area contributed by atoms with Crippen LogP contribution in [0.4, 0.5) is 0 Å². The Balaban J connectivity index is 2.06. The molecular formula is C17H27NO3. The van der Waals surface area contributed by atoms with Gasteiger partial charge in [0, 0.05) is 18.2 Å². The van der Waals surface area contributed by atoms with Gasteiger partial charge in [-0.15, -0.1) is 0 Å². The lowest BCUT2D eigenvalue weighted by Gasteiger charge is -2.23. The lowest BCUT2D eigenvalue weighted by molar-refractivity contribution is 0.00104. The Morgan fingerprint density at radius 3 is 2.67 bits per heavy atom. The van der Waals surface area contributed by atoms with Gasteiger partial charge in [0.15, 0.2) is 0 Å². The maximum atomic E-state index is 10.4. The summed E-state index contributed by atoms with van der Waals surface area (Å²) in [6.45, 7) is 3.89. The summed E-state index contributed by atoms with van der Waals surface area (Å²) in [5, 5.41) is 13.6. The van der Waals surface area contributed by atoms with E-state index in [1.165, 1.54) is 0 Å². The second kappa shape index (κ2) is 7.66. The molecule has 0 amide bonds. The highest BCUT2D eigenvalue weighted by atomic mass is 16.5. The molecule has 0 unspecified atom stereocenters. The molecule has 0 aliphatic heterocycles. The minimum Gasteiger partial charge on any atom is -0.493 e. The van der Waals surface area contributed by atoms with Crippen molar-refractivity contribution in [3.8, 4) is 11.5 Å². The second-order valence-electron chi connectivity index (χ2n) is 5.87. The van der Waals surface area contributed by atoms with E-state index in [-0.39, 0.29) is 0 Å². The number of hydrogen-bond acceptors (Lipinski definition) is 4. The predicted octanol–water partition coefficient (Wildman–Crippen LogP) is 2.88. The van der Waals surface area contributed by atoms with Crippen LogP contribution in [-0.2, 0) is 6.54 Å². The van der Waals surface area contributed by atoms with E-state index in [0.29, 0.717) is 13.2 Å². The van der Waals surface area contributed by atoms with Crippen LogP contribution in [0.1, 0.15) is 44.6 Å². The predicted molar refractivity (Wildman–Crippen MR) is 83.9 cm³/mol. The first-order valence-electron chi connectivity index (χ1n) is 7.92. The summed E-state index contributed by atoms with van der Waals surface area (Å²) in [6, 6.07) is 5.93. The molecule has 1 aromatic rings. The highest BCUT2D eigenvalue weighted by molar-refractivity contribution is 5.40. The third-order valence-electron chi connectivity index (χ3n) is 3.91. The molecular weight excluding hydrogens is 266 g/mol. The lowest BCUT2D eigenvalue weighted by Crippen LogP contribution is -2.32. The molecule has 1 saturated carbocycles. The van der Waals surface area contributed by atoms with Crippen molar-refractivity contribution in [3.05, 3.63) is 23.8 Å². The Labute approximate surface area is 127 Å². The van der Waals surface area contributed by atoms with Crippen LogP contribution in [0.15, 0.2) is 18.2 Å². The van der Waals surface area contributed by atoms with Crippen molar-refractivity contribution in [1.82, 2.24) is 5.32 Å². The van der Waals surface area contributed by atoms with Crippen molar-refractivity contribution in [2.24, 2.45) is 0 Å². The van der Waals surface area contributed by atoms with Crippen molar-refractivity contribution >= 4 is 0 Å². The first-order chi connectivity index (χ1) is 10.2. The van der Waals surface area contributed by atoms with Crippen molar-refractivity contribution in [1.29, 1.82) is 0 Å². The van der Waals surface area contributed by atoms with Gasteiger partial charge in [-0.05, 0) is 32.4 Å². The molecule has 2 rings (SSSR count). The average molecular weight is 293 g/mol. The fourth-order valence-electron chi connectivity index (χ4n) is 2.70. The molecule has 4 heteroatoms. The quantitative estimate of drug-likeness (QED) is 0.774. The molecule has 1 aliphatic carbocycles. The van der Waals surface area contributed by atoms with Crippen LogP contribution in [0.2, 0.25) is 0 Å². The normalized spacial score (nSPS) is 16.9. The molecule has 0 radical (unpaired) electrons. The highest BCUT2D eigenvalue weighted by Gasteiger charge is 2.32. The fourth-order valence-corrected chi connectivity index (χ4v) is 2.70. The monoisotopic (exact) mass is 293 g/mol. The van der Waals surface area contributed by atoms with Crippen molar-refractivity contribution in [2.75, 3.05) is 20.3 Å². The van der Waals surface area contributed by atoms with Crippen LogP contribution in [0.3, 0.4) is 0 Å². The van der Waals surface area contributed by atoms with Crippen LogP contribution in [-0.4, -0.2) is 31.0 Å². The summed E-state index contributed by atoms with van der Waals surface area (Å²) in [7, 11) is 1.91. The van der Waals surface area contributed by atoms with Gasteiger partial charge in [-0.25, -0.2) is 0 Å². The smallest absolute Gasteiger partial charge is 0.127 e. The van der Waals surface area contributed by atoms with E-state index in [9.17, 15) is 5.11 Å². The average Bonchev–Trinajstić information content (AvgIpc) is 2.92. The largest absolute Gasteiger partial charge is 0.493 e. The van der Waals surface area contributed by atoms with Gasteiger partial charge in [0.2, 0.25) is 0 Å². The Bertz CT molecular complexity index is 442. The van der Waals surface area contributed by atoms with Gasteiger partial charge < -0.3 is 19.9 Å². The Morgan fingerprint density at radius 2 is 2.00 bits per heavy atom. The van der Waals surface area contributed by atoms with E-state index in [4.69, 9.17) is 9.47 Å². The summed E-state index contributed by atoms with van der Waals surface area (Å²) in [6.07, 6.45) is 4.82. The van der Waals surface area contributed by atoms with Gasteiger partial charge in [0.05, 0.1) is 12.2 Å². The third kappa shape index (κ3) is 4.61. The number of rotatable bonds is 8. The molecule has 2 N–H and O–H groups in total. The molecule has 4 nitrogen and oxygen atoms in total. The standard InChI is InChI=1S/C17H27NO3/c1-3-10-20-15-7-6-14(12-18-2)16(11-15)21-13-17(19)8-4-5-9-17/h6-7,11,18-19H,3-5,8-10,12-13H2,1-2H3. The van der Waals surface area contributed by atoms with E-state index in [2.05, 4.69) is 12.2 Å². The minimum absolute atomic E-state index is 0.362. The third-order valence-corrected chi connectivity index (χ3v) is 3.91. The van der Waals surface area contributed by atoms with Gasteiger partial charge in [-0.2, -0.15) is 0 Å². The summed E-state index contributed by atoms with van der Waals surface area (Å²) in [4.78, 5) is 0. The number of hydrogen-bond donors (Lipinski definition) is 2. The molecule has 21 heavy (non-hydrogen) atoms. The van der Waals surface area contributed by atoms with E-state index < -0.39 is 5.60 Å².